The molecular formula is C10H10ClNO. The van der Waals surface area contributed by atoms with Gasteiger partial charge in [0.2, 0.25) is 0 Å². The molecule has 0 saturated carbocycles. The Kier molecular flexibility index (Phi) is 3.60. The highest BCUT2D eigenvalue weighted by Gasteiger charge is 2.00. The van der Waals surface area contributed by atoms with E-state index in [1.165, 1.54) is 0 Å². The first-order valence-electron chi connectivity index (χ1n) is 4.00. The van der Waals surface area contributed by atoms with Crippen molar-refractivity contribution in [3.8, 4) is 11.8 Å². The van der Waals surface area contributed by atoms with Gasteiger partial charge < -0.3 is 4.74 Å². The molecule has 0 radical (unpaired) electrons. The van der Waals surface area contributed by atoms with Crippen molar-refractivity contribution in [2.75, 3.05) is 6.61 Å². The van der Waals surface area contributed by atoms with E-state index in [0.29, 0.717) is 11.6 Å². The van der Waals surface area contributed by atoms with Crippen LogP contribution < -0.4 is 4.74 Å². The van der Waals surface area contributed by atoms with E-state index in [1.807, 2.05) is 6.92 Å². The molecule has 3 heteroatoms. The molecule has 0 bridgehead atoms. The number of nitriles is 1. The molecule has 0 aliphatic carbocycles. The molecule has 0 heterocycles. The summed E-state index contributed by atoms with van der Waals surface area (Å²) in [6.07, 6.45) is 0. The van der Waals surface area contributed by atoms with Gasteiger partial charge in [0.1, 0.15) is 12.4 Å². The molecule has 0 aliphatic heterocycles. The van der Waals surface area contributed by atoms with Crippen LogP contribution in [-0.4, -0.2) is 6.61 Å². The fourth-order valence-electron chi connectivity index (χ4n) is 0.789. The highest BCUT2D eigenvalue weighted by Crippen LogP contribution is 2.15. The van der Waals surface area contributed by atoms with Crippen molar-refractivity contribution in [1.29, 1.82) is 5.26 Å². The van der Waals surface area contributed by atoms with Crippen LogP contribution in [-0.2, 0) is 0 Å². The van der Waals surface area contributed by atoms with Crippen LogP contribution in [0.1, 0.15) is 6.92 Å². The second-order valence-corrected chi connectivity index (χ2v) is 3.23. The quantitative estimate of drug-likeness (QED) is 0.743. The Morgan fingerprint density at radius 2 is 2.08 bits per heavy atom. The smallest absolute Gasteiger partial charge is 0.119 e. The van der Waals surface area contributed by atoms with Crippen molar-refractivity contribution in [3.05, 3.63) is 29.3 Å². The lowest BCUT2D eigenvalue weighted by atomic mass is 10.2. The summed E-state index contributed by atoms with van der Waals surface area (Å²) in [6, 6.07) is 9.18. The van der Waals surface area contributed by atoms with Gasteiger partial charge in [-0.1, -0.05) is 11.6 Å². The maximum atomic E-state index is 8.51. The number of nitrogens with zero attached hydrogens (tertiary/aromatic N) is 1. The maximum absolute atomic E-state index is 8.51. The first kappa shape index (κ1) is 9.88. The summed E-state index contributed by atoms with van der Waals surface area (Å²) in [5, 5.41) is 9.19. The molecule has 1 rings (SSSR count). The molecular weight excluding hydrogens is 186 g/mol. The minimum atomic E-state index is -0.0873. The van der Waals surface area contributed by atoms with Crippen LogP contribution in [0.4, 0.5) is 0 Å². The Morgan fingerprint density at radius 3 is 2.62 bits per heavy atom. The third kappa shape index (κ3) is 3.35. The Labute approximate surface area is 82.7 Å². The van der Waals surface area contributed by atoms with Crippen LogP contribution in [0.15, 0.2) is 24.3 Å². The minimum absolute atomic E-state index is 0.0873. The van der Waals surface area contributed by atoms with E-state index in [9.17, 15) is 0 Å². The lowest BCUT2D eigenvalue weighted by molar-refractivity contribution is 0.288. The number of halogens is 1. The number of hydrogen-bond donors (Lipinski definition) is 0. The summed E-state index contributed by atoms with van der Waals surface area (Å²) < 4.78 is 5.33. The Balaban J connectivity index is 2.47. The minimum Gasteiger partial charge on any atom is -0.492 e. The normalized spacial score (nSPS) is 11.8. The van der Waals surface area contributed by atoms with E-state index in [2.05, 4.69) is 6.07 Å². The third-order valence-corrected chi connectivity index (χ3v) is 1.79. The van der Waals surface area contributed by atoms with Gasteiger partial charge in [-0.25, -0.2) is 0 Å². The van der Waals surface area contributed by atoms with Gasteiger partial charge in [-0.3, -0.25) is 0 Å². The molecule has 13 heavy (non-hydrogen) atoms. The summed E-state index contributed by atoms with van der Waals surface area (Å²) in [5.41, 5.74) is 0. The lowest BCUT2D eigenvalue weighted by Crippen LogP contribution is -2.05. The van der Waals surface area contributed by atoms with Gasteiger partial charge in [0.05, 0.1) is 12.0 Å². The molecule has 0 aromatic heterocycles. The van der Waals surface area contributed by atoms with Crippen molar-refractivity contribution in [2.45, 2.75) is 6.92 Å². The van der Waals surface area contributed by atoms with Gasteiger partial charge >= 0.3 is 0 Å². The lowest BCUT2D eigenvalue weighted by Gasteiger charge is -2.06. The summed E-state index contributed by atoms with van der Waals surface area (Å²) in [4.78, 5) is 0. The average Bonchev–Trinajstić information content (AvgIpc) is 2.16. The van der Waals surface area contributed by atoms with Crippen LogP contribution in [0.3, 0.4) is 0 Å². The molecule has 1 atom stereocenters. The zero-order chi connectivity index (χ0) is 9.68. The van der Waals surface area contributed by atoms with Crippen molar-refractivity contribution in [1.82, 2.24) is 0 Å². The zero-order valence-corrected chi connectivity index (χ0v) is 8.08. The van der Waals surface area contributed by atoms with Gasteiger partial charge in [0.25, 0.3) is 0 Å². The van der Waals surface area contributed by atoms with E-state index in [-0.39, 0.29) is 5.92 Å². The average molecular weight is 196 g/mol. The number of rotatable bonds is 3. The molecule has 1 aromatic carbocycles. The van der Waals surface area contributed by atoms with Crippen molar-refractivity contribution < 1.29 is 4.74 Å². The maximum Gasteiger partial charge on any atom is 0.119 e. The Morgan fingerprint density at radius 1 is 1.46 bits per heavy atom. The van der Waals surface area contributed by atoms with E-state index < -0.39 is 0 Å². The number of benzene rings is 1. The van der Waals surface area contributed by atoms with Crippen molar-refractivity contribution in [2.24, 2.45) is 5.92 Å². The van der Waals surface area contributed by atoms with Crippen molar-refractivity contribution in [3.63, 3.8) is 0 Å². The second-order valence-electron chi connectivity index (χ2n) is 2.80. The molecule has 1 unspecified atom stereocenters. The summed E-state index contributed by atoms with van der Waals surface area (Å²) in [6.45, 7) is 2.23. The second kappa shape index (κ2) is 4.74. The monoisotopic (exact) mass is 195 g/mol. The summed E-state index contributed by atoms with van der Waals surface area (Å²) in [5.74, 6) is 0.655. The fraction of sp³-hybridized carbons (Fsp3) is 0.300. The van der Waals surface area contributed by atoms with Crippen molar-refractivity contribution >= 4 is 11.6 Å². The third-order valence-electron chi connectivity index (χ3n) is 1.53. The number of ether oxygens (including phenoxy) is 1. The first-order valence-corrected chi connectivity index (χ1v) is 4.38. The Hall–Kier alpha value is -1.20. The SMILES string of the molecule is CC(C#N)COc1ccc(Cl)cc1. The highest BCUT2D eigenvalue weighted by molar-refractivity contribution is 6.30. The molecule has 2 nitrogen and oxygen atoms in total. The van der Waals surface area contributed by atoms with Crippen LogP contribution in [0.5, 0.6) is 5.75 Å². The standard InChI is InChI=1S/C10H10ClNO/c1-8(6-12)7-13-10-4-2-9(11)3-5-10/h2-5,8H,7H2,1H3. The highest BCUT2D eigenvalue weighted by atomic mass is 35.5. The molecule has 0 N–H and O–H groups in total. The first-order chi connectivity index (χ1) is 6.22. The zero-order valence-electron chi connectivity index (χ0n) is 7.33. The molecule has 0 aliphatic rings. The molecule has 0 amide bonds. The van der Waals surface area contributed by atoms with Gasteiger partial charge in [-0.2, -0.15) is 5.26 Å². The number of hydrogen-bond acceptors (Lipinski definition) is 2. The van der Waals surface area contributed by atoms with Gasteiger partial charge in [-0.05, 0) is 31.2 Å². The summed E-state index contributed by atoms with van der Waals surface area (Å²) >= 11 is 5.69. The van der Waals surface area contributed by atoms with Crippen LogP contribution in [0.2, 0.25) is 5.02 Å². The largest absolute Gasteiger partial charge is 0.492 e. The van der Waals surface area contributed by atoms with Crippen LogP contribution in [0, 0.1) is 17.2 Å². The predicted molar refractivity (Wildman–Crippen MR) is 51.7 cm³/mol. The predicted octanol–water partition coefficient (Wildman–Crippen LogP) is 2.88. The fourth-order valence-corrected chi connectivity index (χ4v) is 0.915. The topological polar surface area (TPSA) is 33.0 Å². The molecule has 68 valence electrons. The van der Waals surface area contributed by atoms with Gasteiger partial charge in [0.15, 0.2) is 0 Å². The van der Waals surface area contributed by atoms with Gasteiger partial charge in [-0.15, -0.1) is 0 Å². The van der Waals surface area contributed by atoms with Crippen LogP contribution in [0.25, 0.3) is 0 Å². The molecule has 1 aromatic rings. The van der Waals surface area contributed by atoms with Crippen LogP contribution >= 0.6 is 11.6 Å². The molecule has 0 spiro atoms. The Bertz CT molecular complexity index is 302. The van der Waals surface area contributed by atoms with E-state index in [1.54, 1.807) is 24.3 Å². The molecule has 0 saturated heterocycles. The molecule has 0 fully saturated rings. The van der Waals surface area contributed by atoms with E-state index >= 15 is 0 Å². The van der Waals surface area contributed by atoms with Gasteiger partial charge in [0, 0.05) is 5.02 Å². The van der Waals surface area contributed by atoms with E-state index in [4.69, 9.17) is 21.6 Å². The van der Waals surface area contributed by atoms with E-state index in [0.717, 1.165) is 5.75 Å². The summed E-state index contributed by atoms with van der Waals surface area (Å²) in [7, 11) is 0.